The van der Waals surface area contributed by atoms with E-state index in [4.69, 9.17) is 14.2 Å². The number of ether oxygens (including phenoxy) is 3. The predicted octanol–water partition coefficient (Wildman–Crippen LogP) is 2.89. The molecular weight excluding hydrogens is 424 g/mol. The van der Waals surface area contributed by atoms with E-state index in [9.17, 15) is 14.7 Å². The Labute approximate surface area is 193 Å². The summed E-state index contributed by atoms with van der Waals surface area (Å²) in [4.78, 5) is 26.6. The number of likely N-dealkylation sites (tertiary alicyclic amines) is 1. The van der Waals surface area contributed by atoms with E-state index < -0.39 is 0 Å². The molecule has 1 aliphatic rings. The van der Waals surface area contributed by atoms with Crippen molar-refractivity contribution in [1.29, 1.82) is 0 Å². The Morgan fingerprint density at radius 2 is 1.64 bits per heavy atom. The first-order chi connectivity index (χ1) is 15.9. The molecule has 0 atom stereocenters. The molecule has 2 N–H and O–H groups in total. The molecule has 0 aromatic heterocycles. The van der Waals surface area contributed by atoms with E-state index in [2.05, 4.69) is 5.32 Å². The monoisotopic (exact) mass is 454 g/mol. The van der Waals surface area contributed by atoms with Gasteiger partial charge >= 0.3 is 0 Å². The lowest BCUT2D eigenvalue weighted by Crippen LogP contribution is -2.40. The van der Waals surface area contributed by atoms with Crippen molar-refractivity contribution >= 4 is 23.6 Å². The summed E-state index contributed by atoms with van der Waals surface area (Å²) in [5, 5.41) is 12.4. The minimum atomic E-state index is -0.306. The molecule has 0 radical (unpaired) electrons. The lowest BCUT2D eigenvalue weighted by Gasteiger charge is -2.29. The molecule has 8 heteroatoms. The summed E-state index contributed by atoms with van der Waals surface area (Å²) in [5.74, 6) is 1.25. The molecule has 1 fully saturated rings. The quantitative estimate of drug-likeness (QED) is 0.596. The fourth-order valence-corrected chi connectivity index (χ4v) is 3.66. The van der Waals surface area contributed by atoms with Gasteiger partial charge in [0.25, 0.3) is 0 Å². The van der Waals surface area contributed by atoms with Crippen molar-refractivity contribution in [3.8, 4) is 17.2 Å². The minimum absolute atomic E-state index is 0.0481. The van der Waals surface area contributed by atoms with E-state index in [-0.39, 0.29) is 17.9 Å². The molecule has 33 heavy (non-hydrogen) atoms. The average molecular weight is 455 g/mol. The molecule has 176 valence electrons. The fraction of sp³-hybridized carbons (Fsp3) is 0.360. The first-order valence-electron chi connectivity index (χ1n) is 10.8. The van der Waals surface area contributed by atoms with Crippen LogP contribution in [0.15, 0.2) is 42.5 Å². The number of rotatable bonds is 8. The number of piperidine rings is 1. The second-order valence-electron chi connectivity index (χ2n) is 7.77. The van der Waals surface area contributed by atoms with Gasteiger partial charge in [-0.05, 0) is 54.3 Å². The number of carbonyl (C=O) groups is 2. The maximum Gasteiger partial charge on any atom is 0.248 e. The lowest BCUT2D eigenvalue weighted by atomic mass is 10.1. The van der Waals surface area contributed by atoms with Gasteiger partial charge in [-0.2, -0.15) is 0 Å². The molecule has 2 amide bonds. The molecule has 0 bridgehead atoms. The number of benzene rings is 2. The van der Waals surface area contributed by atoms with Gasteiger partial charge in [-0.15, -0.1) is 0 Å². The molecular formula is C25H30N2O6. The zero-order chi connectivity index (χ0) is 23.8. The Hall–Kier alpha value is -3.52. The van der Waals surface area contributed by atoms with Gasteiger partial charge < -0.3 is 29.5 Å². The van der Waals surface area contributed by atoms with Crippen molar-refractivity contribution in [2.24, 2.45) is 0 Å². The van der Waals surface area contributed by atoms with E-state index in [0.717, 1.165) is 11.1 Å². The number of aliphatic hydroxyl groups excluding tert-OH is 1. The highest BCUT2D eigenvalue weighted by molar-refractivity contribution is 6.02. The zero-order valence-corrected chi connectivity index (χ0v) is 19.2. The van der Waals surface area contributed by atoms with Gasteiger partial charge in [0.05, 0.1) is 33.9 Å². The normalized spacial score (nSPS) is 14.2. The first-order valence-corrected chi connectivity index (χ1v) is 10.8. The van der Waals surface area contributed by atoms with Gasteiger partial charge in [-0.1, -0.05) is 12.1 Å². The predicted molar refractivity (Wildman–Crippen MR) is 126 cm³/mol. The second kappa shape index (κ2) is 11.4. The number of nitrogens with zero attached hydrogens (tertiary/aromatic N) is 1. The van der Waals surface area contributed by atoms with Gasteiger partial charge in [-0.25, -0.2) is 0 Å². The highest BCUT2D eigenvalue weighted by Crippen LogP contribution is 2.38. The maximum atomic E-state index is 12.4. The van der Waals surface area contributed by atoms with E-state index in [1.54, 1.807) is 35.2 Å². The summed E-state index contributed by atoms with van der Waals surface area (Å²) in [6, 6.07) is 10.7. The van der Waals surface area contributed by atoms with E-state index in [1.807, 2.05) is 12.1 Å². The Morgan fingerprint density at radius 3 is 2.18 bits per heavy atom. The van der Waals surface area contributed by atoms with Crippen molar-refractivity contribution in [2.75, 3.05) is 39.7 Å². The lowest BCUT2D eigenvalue weighted by molar-refractivity contribution is -0.132. The van der Waals surface area contributed by atoms with Crippen LogP contribution in [0.1, 0.15) is 24.0 Å². The van der Waals surface area contributed by atoms with E-state index in [1.165, 1.54) is 27.4 Å². The average Bonchev–Trinajstić information content (AvgIpc) is 2.83. The minimum Gasteiger partial charge on any atom is -0.493 e. The van der Waals surface area contributed by atoms with Crippen molar-refractivity contribution in [2.45, 2.75) is 25.4 Å². The number of hydrogen-bond donors (Lipinski definition) is 2. The van der Waals surface area contributed by atoms with Gasteiger partial charge in [0, 0.05) is 24.9 Å². The van der Waals surface area contributed by atoms with Crippen LogP contribution in [0.3, 0.4) is 0 Å². The Bertz CT molecular complexity index is 969. The van der Waals surface area contributed by atoms with Gasteiger partial charge in [0.2, 0.25) is 17.6 Å². The van der Waals surface area contributed by atoms with Crippen LogP contribution < -0.4 is 19.5 Å². The van der Waals surface area contributed by atoms with Crippen LogP contribution in [-0.4, -0.2) is 62.3 Å². The number of hydrogen-bond acceptors (Lipinski definition) is 6. The smallest absolute Gasteiger partial charge is 0.248 e. The Morgan fingerprint density at radius 1 is 1.03 bits per heavy atom. The van der Waals surface area contributed by atoms with E-state index >= 15 is 0 Å². The molecule has 2 aromatic carbocycles. The molecule has 0 spiro atoms. The number of amides is 2. The summed E-state index contributed by atoms with van der Waals surface area (Å²) in [5.41, 5.74) is 2.22. The molecule has 2 aromatic rings. The van der Waals surface area contributed by atoms with Crippen molar-refractivity contribution in [3.05, 3.63) is 53.6 Å². The molecule has 3 rings (SSSR count). The number of nitrogens with one attached hydrogen (secondary N) is 1. The summed E-state index contributed by atoms with van der Waals surface area (Å²) < 4.78 is 16.0. The number of aliphatic hydroxyl groups is 1. The van der Waals surface area contributed by atoms with Crippen LogP contribution >= 0.6 is 0 Å². The summed E-state index contributed by atoms with van der Waals surface area (Å²) in [7, 11) is 4.60. The highest BCUT2D eigenvalue weighted by atomic mass is 16.5. The maximum absolute atomic E-state index is 12.4. The van der Waals surface area contributed by atoms with Crippen molar-refractivity contribution < 1.29 is 28.9 Å². The Kier molecular flexibility index (Phi) is 8.32. The van der Waals surface area contributed by atoms with Crippen LogP contribution in [0, 0.1) is 0 Å². The molecule has 1 saturated heterocycles. The third-order valence-corrected chi connectivity index (χ3v) is 5.51. The van der Waals surface area contributed by atoms with Gasteiger partial charge in [0.1, 0.15) is 0 Å². The van der Waals surface area contributed by atoms with Crippen molar-refractivity contribution in [3.63, 3.8) is 0 Å². The largest absolute Gasteiger partial charge is 0.493 e. The van der Waals surface area contributed by atoms with Crippen LogP contribution in [0.25, 0.3) is 6.08 Å². The second-order valence-corrected chi connectivity index (χ2v) is 7.77. The molecule has 1 aliphatic heterocycles. The number of methoxy groups -OCH3 is 3. The standard InChI is InChI=1S/C25H30N2O6/c1-31-21-14-18(15-22(32-2)25(21)33-3)6-9-23(29)26-19-7-4-17(5-8-19)16-24(30)27-12-10-20(28)11-13-27/h4-9,14-15,20,28H,10-13,16H2,1-3H3,(H,26,29)/b9-6+. The molecule has 0 saturated carbocycles. The number of anilines is 1. The Balaban J connectivity index is 1.57. The van der Waals surface area contributed by atoms with Crippen LogP contribution in [0.5, 0.6) is 17.2 Å². The van der Waals surface area contributed by atoms with Crippen LogP contribution in [0.4, 0.5) is 5.69 Å². The van der Waals surface area contributed by atoms with Crippen LogP contribution in [0.2, 0.25) is 0 Å². The zero-order valence-electron chi connectivity index (χ0n) is 19.2. The highest BCUT2D eigenvalue weighted by Gasteiger charge is 2.21. The molecule has 1 heterocycles. The third-order valence-electron chi connectivity index (χ3n) is 5.51. The first kappa shape index (κ1) is 24.1. The molecule has 0 unspecified atom stereocenters. The summed E-state index contributed by atoms with van der Waals surface area (Å²) in [6.07, 6.45) is 4.32. The summed E-state index contributed by atoms with van der Waals surface area (Å²) in [6.45, 7) is 1.18. The molecule has 8 nitrogen and oxygen atoms in total. The SMILES string of the molecule is COc1cc(/C=C/C(=O)Nc2ccc(CC(=O)N3CCC(O)CC3)cc2)cc(OC)c1OC. The summed E-state index contributed by atoms with van der Waals surface area (Å²) >= 11 is 0. The number of carbonyl (C=O) groups excluding carboxylic acids is 2. The van der Waals surface area contributed by atoms with Crippen molar-refractivity contribution in [1.82, 2.24) is 4.90 Å². The fourth-order valence-electron chi connectivity index (χ4n) is 3.66. The third kappa shape index (κ3) is 6.49. The van der Waals surface area contributed by atoms with Gasteiger partial charge in [-0.3, -0.25) is 9.59 Å². The topological polar surface area (TPSA) is 97.3 Å². The van der Waals surface area contributed by atoms with E-state index in [0.29, 0.717) is 55.3 Å². The van der Waals surface area contributed by atoms with Crippen LogP contribution in [-0.2, 0) is 16.0 Å². The van der Waals surface area contributed by atoms with Gasteiger partial charge in [0.15, 0.2) is 11.5 Å². The molecule has 0 aliphatic carbocycles.